The summed E-state index contributed by atoms with van der Waals surface area (Å²) in [7, 11) is 0. The maximum atomic E-state index is 14.1. The third-order valence-corrected chi connectivity index (χ3v) is 5.89. The van der Waals surface area contributed by atoms with Crippen LogP contribution in [0.2, 0.25) is 10.0 Å². The van der Waals surface area contributed by atoms with Crippen molar-refractivity contribution in [1.29, 1.82) is 0 Å². The van der Waals surface area contributed by atoms with Gasteiger partial charge in [0.05, 0.1) is 18.6 Å². The van der Waals surface area contributed by atoms with Crippen molar-refractivity contribution in [3.05, 3.63) is 58.2 Å². The molecular weight excluding hydrogens is 466 g/mol. The van der Waals surface area contributed by atoms with Crippen LogP contribution in [0.25, 0.3) is 11.1 Å². The van der Waals surface area contributed by atoms with Gasteiger partial charge in [0.1, 0.15) is 5.82 Å². The van der Waals surface area contributed by atoms with Gasteiger partial charge in [-0.2, -0.15) is 5.10 Å². The number of nitrogens with one attached hydrogen (secondary N) is 1. The lowest BCUT2D eigenvalue weighted by Crippen LogP contribution is -2.29. The quantitative estimate of drug-likeness (QED) is 0.463. The molecule has 170 valence electrons. The summed E-state index contributed by atoms with van der Waals surface area (Å²) in [5, 5.41) is 6.62. The van der Waals surface area contributed by atoms with Crippen LogP contribution in [0.5, 0.6) is 5.75 Å². The molecule has 32 heavy (non-hydrogen) atoms. The van der Waals surface area contributed by atoms with Crippen molar-refractivity contribution >= 4 is 29.0 Å². The minimum atomic E-state index is -3.44. The van der Waals surface area contributed by atoms with Gasteiger partial charge in [-0.05, 0) is 44.1 Å². The van der Waals surface area contributed by atoms with Gasteiger partial charge in [0, 0.05) is 34.1 Å². The van der Waals surface area contributed by atoms with Crippen LogP contribution in [-0.4, -0.2) is 34.3 Å². The first-order valence-corrected chi connectivity index (χ1v) is 10.6. The van der Waals surface area contributed by atoms with E-state index in [2.05, 4.69) is 15.4 Å². The van der Waals surface area contributed by atoms with Crippen LogP contribution in [0.15, 0.2) is 36.8 Å². The highest BCUT2D eigenvalue weighted by Crippen LogP contribution is 2.39. The summed E-state index contributed by atoms with van der Waals surface area (Å²) >= 11 is 11.9. The van der Waals surface area contributed by atoms with E-state index in [1.165, 1.54) is 12.3 Å². The number of nitrogens with two attached hydrogens (primary N) is 1. The van der Waals surface area contributed by atoms with Gasteiger partial charge in [-0.15, -0.1) is 0 Å². The standard InChI is InChI=1S/C21H20Cl2F3N5O/c22-14-1-2-15(24)18(23)17(14)19(20(25)26)32-16-7-11(8-29-21(16)27)12-9-30-31(10-12)13-3-5-28-6-4-13/h1-2,7-10,13,19-20,28H,3-6H2,(H2,27,29)/i19D. The number of pyridine rings is 1. The van der Waals surface area contributed by atoms with Crippen LogP contribution in [-0.2, 0) is 0 Å². The second-order valence-electron chi connectivity index (χ2n) is 7.28. The molecule has 0 spiro atoms. The number of hydrogen-bond donors (Lipinski definition) is 2. The highest BCUT2D eigenvalue weighted by molar-refractivity contribution is 6.36. The number of aromatic nitrogens is 3. The van der Waals surface area contributed by atoms with E-state index in [9.17, 15) is 13.2 Å². The number of rotatable bonds is 6. The van der Waals surface area contributed by atoms with Crippen LogP contribution in [0.1, 0.15) is 31.9 Å². The molecule has 1 unspecified atom stereocenters. The number of nitrogen functional groups attached to an aromatic ring is 1. The molecule has 1 aliphatic heterocycles. The molecule has 6 nitrogen and oxygen atoms in total. The number of alkyl halides is 2. The van der Waals surface area contributed by atoms with Crippen LogP contribution in [0.3, 0.4) is 0 Å². The molecule has 1 aromatic carbocycles. The van der Waals surface area contributed by atoms with E-state index in [1.54, 1.807) is 6.20 Å². The van der Waals surface area contributed by atoms with E-state index < -0.39 is 28.9 Å². The maximum Gasteiger partial charge on any atom is 0.279 e. The predicted molar refractivity (Wildman–Crippen MR) is 117 cm³/mol. The normalized spacial score (nSPS) is 17.2. The number of piperidine rings is 1. The molecule has 4 rings (SSSR count). The Bertz CT molecular complexity index is 1160. The molecule has 0 radical (unpaired) electrons. The number of hydrogen-bond acceptors (Lipinski definition) is 5. The molecular formula is C21H20Cl2F3N5O. The molecule has 0 aliphatic carbocycles. The average molecular weight is 487 g/mol. The maximum absolute atomic E-state index is 14.1. The van der Waals surface area contributed by atoms with E-state index in [1.807, 2.05) is 10.9 Å². The first-order valence-electron chi connectivity index (χ1n) is 10.3. The van der Waals surface area contributed by atoms with Gasteiger partial charge in [-0.1, -0.05) is 23.2 Å². The van der Waals surface area contributed by atoms with Crippen molar-refractivity contribution < 1.29 is 19.3 Å². The molecule has 2 aromatic heterocycles. The fraction of sp³-hybridized carbons (Fsp3) is 0.333. The minimum absolute atomic E-state index is 0.231. The Labute approximate surface area is 193 Å². The van der Waals surface area contributed by atoms with Gasteiger partial charge in [0.15, 0.2) is 17.6 Å². The number of benzene rings is 1. The van der Waals surface area contributed by atoms with Crippen molar-refractivity contribution in [3.8, 4) is 16.9 Å². The Hall–Kier alpha value is -2.49. The average Bonchev–Trinajstić information content (AvgIpc) is 3.29. The van der Waals surface area contributed by atoms with E-state index in [0.29, 0.717) is 11.1 Å². The minimum Gasteiger partial charge on any atom is -0.476 e. The topological polar surface area (TPSA) is 78.0 Å². The molecule has 1 atom stereocenters. The number of nitrogens with zero attached hydrogens (tertiary/aromatic N) is 3. The zero-order valence-corrected chi connectivity index (χ0v) is 18.2. The fourth-order valence-corrected chi connectivity index (χ4v) is 4.09. The Balaban J connectivity index is 1.69. The molecule has 1 saturated heterocycles. The molecule has 1 aliphatic rings. The van der Waals surface area contributed by atoms with Crippen molar-refractivity contribution in [2.75, 3.05) is 18.8 Å². The Morgan fingerprint density at radius 1 is 1.22 bits per heavy atom. The van der Waals surface area contributed by atoms with Gasteiger partial charge in [-0.3, -0.25) is 4.68 Å². The predicted octanol–water partition coefficient (Wildman–Crippen LogP) is 5.28. The lowest BCUT2D eigenvalue weighted by atomic mass is 10.1. The summed E-state index contributed by atoms with van der Waals surface area (Å²) in [5.74, 6) is -1.54. The molecule has 11 heteroatoms. The smallest absolute Gasteiger partial charge is 0.279 e. The second-order valence-corrected chi connectivity index (χ2v) is 8.07. The summed E-state index contributed by atoms with van der Waals surface area (Å²) < 4.78 is 57.7. The lowest BCUT2D eigenvalue weighted by Gasteiger charge is -2.22. The summed E-state index contributed by atoms with van der Waals surface area (Å²) in [6, 6.07) is 3.56. The molecule has 1 fully saturated rings. The highest BCUT2D eigenvalue weighted by Gasteiger charge is 2.31. The summed E-state index contributed by atoms with van der Waals surface area (Å²) in [4.78, 5) is 4.01. The Morgan fingerprint density at radius 3 is 2.69 bits per heavy atom. The first kappa shape index (κ1) is 21.4. The molecule has 0 saturated carbocycles. The van der Waals surface area contributed by atoms with Gasteiger partial charge in [0.25, 0.3) is 6.43 Å². The van der Waals surface area contributed by atoms with Crippen LogP contribution < -0.4 is 15.8 Å². The monoisotopic (exact) mass is 486 g/mol. The Morgan fingerprint density at radius 2 is 1.97 bits per heavy atom. The van der Waals surface area contributed by atoms with Gasteiger partial charge < -0.3 is 15.8 Å². The van der Waals surface area contributed by atoms with Crippen molar-refractivity contribution in [2.24, 2.45) is 0 Å². The van der Waals surface area contributed by atoms with Crippen molar-refractivity contribution in [3.63, 3.8) is 0 Å². The molecule has 3 N–H and O–H groups in total. The first-order chi connectivity index (χ1) is 15.7. The van der Waals surface area contributed by atoms with Gasteiger partial charge in [-0.25, -0.2) is 18.2 Å². The van der Waals surface area contributed by atoms with Gasteiger partial charge in [0.2, 0.25) is 0 Å². The molecule has 0 amide bonds. The second kappa shape index (κ2) is 9.56. The summed E-state index contributed by atoms with van der Waals surface area (Å²) in [6.07, 6.45) is 0.182. The highest BCUT2D eigenvalue weighted by atomic mass is 35.5. The summed E-state index contributed by atoms with van der Waals surface area (Å²) in [5.41, 5.74) is 6.30. The molecule has 3 heterocycles. The zero-order valence-electron chi connectivity index (χ0n) is 17.7. The third-order valence-electron chi connectivity index (χ3n) is 5.21. The van der Waals surface area contributed by atoms with E-state index in [4.69, 9.17) is 35.0 Å². The SMILES string of the molecule is [2H]C(Oc1cc(-c2cnn(C3CCNCC3)c2)cnc1N)(c1c(Cl)ccc(F)c1Cl)C(F)F. The number of ether oxygens (including phenoxy) is 1. The van der Waals surface area contributed by atoms with Crippen LogP contribution in [0.4, 0.5) is 19.0 Å². The number of anilines is 1. The van der Waals surface area contributed by atoms with Crippen molar-refractivity contribution in [1.82, 2.24) is 20.1 Å². The largest absolute Gasteiger partial charge is 0.476 e. The van der Waals surface area contributed by atoms with Crippen molar-refractivity contribution in [2.45, 2.75) is 31.4 Å². The lowest BCUT2D eigenvalue weighted by molar-refractivity contribution is 0.0107. The third kappa shape index (κ3) is 4.65. The van der Waals surface area contributed by atoms with E-state index in [0.717, 1.165) is 38.1 Å². The molecule has 3 aromatic rings. The molecule has 0 bridgehead atoms. The van der Waals surface area contributed by atoms with Gasteiger partial charge >= 0.3 is 0 Å². The number of halogens is 5. The van der Waals surface area contributed by atoms with Crippen LogP contribution in [0, 0.1) is 5.82 Å². The van der Waals surface area contributed by atoms with E-state index in [-0.39, 0.29) is 22.6 Å². The summed E-state index contributed by atoms with van der Waals surface area (Å²) in [6.45, 7) is 1.79. The zero-order chi connectivity index (χ0) is 23.8. The van der Waals surface area contributed by atoms with Crippen LogP contribution >= 0.6 is 23.2 Å². The Kier molecular flexibility index (Phi) is 6.38. The fourth-order valence-electron chi connectivity index (χ4n) is 3.53. The van der Waals surface area contributed by atoms with E-state index >= 15 is 0 Å².